The summed E-state index contributed by atoms with van der Waals surface area (Å²) in [6.45, 7) is 4.14. The van der Waals surface area contributed by atoms with Crippen LogP contribution in [0.5, 0.6) is 0 Å². The van der Waals surface area contributed by atoms with E-state index in [0.717, 1.165) is 33.9 Å². The summed E-state index contributed by atoms with van der Waals surface area (Å²) in [5.74, 6) is 0. The second kappa shape index (κ2) is 6.20. The Hall–Kier alpha value is -0.970. The molecule has 1 unspecified atom stereocenters. The molecule has 0 spiro atoms. The van der Waals surface area contributed by atoms with Gasteiger partial charge in [-0.25, -0.2) is 4.98 Å². The van der Waals surface area contributed by atoms with Gasteiger partial charge in [0.2, 0.25) is 0 Å². The van der Waals surface area contributed by atoms with E-state index in [2.05, 4.69) is 46.9 Å². The lowest BCUT2D eigenvalue weighted by atomic mass is 9.97. The highest BCUT2D eigenvalue weighted by Gasteiger charge is 2.20. The summed E-state index contributed by atoms with van der Waals surface area (Å²) in [4.78, 5) is 4.69. The van der Waals surface area contributed by atoms with Crippen LogP contribution in [0, 0.1) is 0 Å². The Labute approximate surface area is 128 Å². The standard InChI is InChI=1S/C16H21BrN2O/c1-16(2,20-3)9-8-13(18)15-12(17)10-11-6-4-5-7-14(11)19-15/h4-7,10,13H,8-9,18H2,1-3H3. The molecule has 0 aliphatic heterocycles. The first-order valence-corrected chi connectivity index (χ1v) is 7.58. The number of hydrogen-bond acceptors (Lipinski definition) is 3. The molecule has 1 aromatic heterocycles. The summed E-state index contributed by atoms with van der Waals surface area (Å²) in [7, 11) is 1.73. The summed E-state index contributed by atoms with van der Waals surface area (Å²) in [6.07, 6.45) is 1.73. The van der Waals surface area contributed by atoms with Gasteiger partial charge in [-0.1, -0.05) is 18.2 Å². The van der Waals surface area contributed by atoms with E-state index in [-0.39, 0.29) is 11.6 Å². The van der Waals surface area contributed by atoms with Crippen LogP contribution in [0.4, 0.5) is 0 Å². The SMILES string of the molecule is COC(C)(C)CCC(N)c1nc2ccccc2cc1Br. The van der Waals surface area contributed by atoms with Crippen LogP contribution in [0.1, 0.15) is 38.4 Å². The van der Waals surface area contributed by atoms with Crippen molar-refractivity contribution in [1.82, 2.24) is 4.98 Å². The maximum absolute atomic E-state index is 6.30. The molecule has 108 valence electrons. The Morgan fingerprint density at radius 1 is 1.35 bits per heavy atom. The van der Waals surface area contributed by atoms with Crippen molar-refractivity contribution in [3.63, 3.8) is 0 Å². The fraction of sp³-hybridized carbons (Fsp3) is 0.438. The van der Waals surface area contributed by atoms with Crippen molar-refractivity contribution in [2.45, 2.75) is 38.3 Å². The molecule has 2 rings (SSSR count). The van der Waals surface area contributed by atoms with Gasteiger partial charge in [-0.15, -0.1) is 0 Å². The first-order chi connectivity index (χ1) is 9.43. The predicted octanol–water partition coefficient (Wildman–Crippen LogP) is 4.20. The maximum atomic E-state index is 6.30. The summed E-state index contributed by atoms with van der Waals surface area (Å²) in [6, 6.07) is 10.1. The summed E-state index contributed by atoms with van der Waals surface area (Å²) >= 11 is 3.58. The number of fused-ring (bicyclic) bond motifs is 1. The molecule has 1 aromatic carbocycles. The number of hydrogen-bond donors (Lipinski definition) is 1. The summed E-state index contributed by atoms with van der Waals surface area (Å²) < 4.78 is 6.41. The lowest BCUT2D eigenvalue weighted by Gasteiger charge is -2.24. The largest absolute Gasteiger partial charge is 0.379 e. The Bertz CT molecular complexity index is 598. The number of para-hydroxylation sites is 1. The minimum atomic E-state index is -0.152. The van der Waals surface area contributed by atoms with E-state index in [0.29, 0.717) is 0 Å². The number of rotatable bonds is 5. The molecule has 0 amide bonds. The van der Waals surface area contributed by atoms with Crippen LogP contribution in [0.2, 0.25) is 0 Å². The molecule has 20 heavy (non-hydrogen) atoms. The number of methoxy groups -OCH3 is 1. The van der Waals surface area contributed by atoms with Crippen LogP contribution in [0.15, 0.2) is 34.8 Å². The fourth-order valence-corrected chi connectivity index (χ4v) is 2.74. The van der Waals surface area contributed by atoms with Gasteiger partial charge < -0.3 is 10.5 Å². The van der Waals surface area contributed by atoms with Gasteiger partial charge in [0.1, 0.15) is 0 Å². The molecule has 1 atom stereocenters. The van der Waals surface area contributed by atoms with Gasteiger partial charge in [0.05, 0.1) is 16.8 Å². The molecule has 0 saturated carbocycles. The molecular weight excluding hydrogens is 316 g/mol. The van der Waals surface area contributed by atoms with Crippen LogP contribution in [0.25, 0.3) is 10.9 Å². The van der Waals surface area contributed by atoms with Crippen molar-refractivity contribution in [2.24, 2.45) is 5.73 Å². The predicted molar refractivity (Wildman–Crippen MR) is 86.7 cm³/mol. The lowest BCUT2D eigenvalue weighted by Crippen LogP contribution is -2.25. The molecule has 4 heteroatoms. The summed E-state index contributed by atoms with van der Waals surface area (Å²) in [5, 5.41) is 1.12. The number of ether oxygens (including phenoxy) is 1. The second-order valence-corrected chi connectivity index (χ2v) is 6.51. The quantitative estimate of drug-likeness (QED) is 0.889. The average Bonchev–Trinajstić information content (AvgIpc) is 2.44. The highest BCUT2D eigenvalue weighted by Crippen LogP contribution is 2.29. The first-order valence-electron chi connectivity index (χ1n) is 6.79. The number of halogens is 1. The number of nitrogens with two attached hydrogens (primary N) is 1. The Morgan fingerprint density at radius 3 is 2.75 bits per heavy atom. The van der Waals surface area contributed by atoms with Gasteiger partial charge in [-0.3, -0.25) is 0 Å². The molecule has 0 aliphatic carbocycles. The zero-order valence-electron chi connectivity index (χ0n) is 12.2. The number of benzene rings is 1. The third-order valence-corrected chi connectivity index (χ3v) is 4.30. The van der Waals surface area contributed by atoms with Crippen molar-refractivity contribution >= 4 is 26.8 Å². The zero-order chi connectivity index (χ0) is 14.8. The fourth-order valence-electron chi connectivity index (χ4n) is 2.11. The maximum Gasteiger partial charge on any atom is 0.0720 e. The highest BCUT2D eigenvalue weighted by atomic mass is 79.9. The molecule has 0 radical (unpaired) electrons. The van der Waals surface area contributed by atoms with Crippen molar-refractivity contribution in [2.75, 3.05) is 7.11 Å². The van der Waals surface area contributed by atoms with E-state index >= 15 is 0 Å². The van der Waals surface area contributed by atoms with Crippen LogP contribution < -0.4 is 5.73 Å². The van der Waals surface area contributed by atoms with Gasteiger partial charge in [0, 0.05) is 23.0 Å². The average molecular weight is 337 g/mol. The molecule has 0 aliphatic rings. The van der Waals surface area contributed by atoms with E-state index < -0.39 is 0 Å². The Morgan fingerprint density at radius 2 is 2.05 bits per heavy atom. The van der Waals surface area contributed by atoms with Crippen molar-refractivity contribution in [3.05, 3.63) is 40.5 Å². The monoisotopic (exact) mass is 336 g/mol. The number of pyridine rings is 1. The summed E-state index contributed by atoms with van der Waals surface area (Å²) in [5.41, 5.74) is 8.04. The van der Waals surface area contributed by atoms with Gasteiger partial charge in [-0.2, -0.15) is 0 Å². The lowest BCUT2D eigenvalue weighted by molar-refractivity contribution is 0.0124. The molecule has 2 aromatic rings. The molecule has 0 saturated heterocycles. The van der Waals surface area contributed by atoms with Crippen LogP contribution in [0.3, 0.4) is 0 Å². The van der Waals surface area contributed by atoms with Crippen molar-refractivity contribution in [3.8, 4) is 0 Å². The topological polar surface area (TPSA) is 48.1 Å². The number of nitrogens with zero attached hydrogens (tertiary/aromatic N) is 1. The van der Waals surface area contributed by atoms with Crippen molar-refractivity contribution in [1.29, 1.82) is 0 Å². The zero-order valence-corrected chi connectivity index (χ0v) is 13.8. The van der Waals surface area contributed by atoms with E-state index in [9.17, 15) is 0 Å². The molecule has 2 N–H and O–H groups in total. The van der Waals surface area contributed by atoms with Gasteiger partial charge in [-0.05, 0) is 54.8 Å². The van der Waals surface area contributed by atoms with E-state index in [1.807, 2.05) is 18.2 Å². The van der Waals surface area contributed by atoms with Crippen LogP contribution in [-0.4, -0.2) is 17.7 Å². The van der Waals surface area contributed by atoms with Gasteiger partial charge >= 0.3 is 0 Å². The molecule has 1 heterocycles. The van der Waals surface area contributed by atoms with Gasteiger partial charge in [0.15, 0.2) is 0 Å². The smallest absolute Gasteiger partial charge is 0.0720 e. The third-order valence-electron chi connectivity index (χ3n) is 3.67. The number of aromatic nitrogens is 1. The van der Waals surface area contributed by atoms with Crippen LogP contribution >= 0.6 is 15.9 Å². The molecule has 3 nitrogen and oxygen atoms in total. The molecule has 0 bridgehead atoms. The molecule has 0 fully saturated rings. The molecular formula is C16H21BrN2O. The second-order valence-electron chi connectivity index (χ2n) is 5.66. The van der Waals surface area contributed by atoms with Crippen LogP contribution in [-0.2, 0) is 4.74 Å². The van der Waals surface area contributed by atoms with Gasteiger partial charge in [0.25, 0.3) is 0 Å². The van der Waals surface area contributed by atoms with E-state index in [1.165, 1.54) is 0 Å². The van der Waals surface area contributed by atoms with Crippen molar-refractivity contribution < 1.29 is 4.74 Å². The minimum Gasteiger partial charge on any atom is -0.379 e. The van der Waals surface area contributed by atoms with E-state index in [1.54, 1.807) is 7.11 Å². The Kier molecular flexibility index (Phi) is 4.78. The normalized spacial score (nSPS) is 13.7. The Balaban J connectivity index is 2.21. The highest BCUT2D eigenvalue weighted by molar-refractivity contribution is 9.10. The van der Waals surface area contributed by atoms with E-state index in [4.69, 9.17) is 10.5 Å². The third kappa shape index (κ3) is 3.57. The minimum absolute atomic E-state index is 0.0941. The first kappa shape index (κ1) is 15.4.